The lowest BCUT2D eigenvalue weighted by molar-refractivity contribution is 0.313. The highest BCUT2D eigenvalue weighted by Crippen LogP contribution is 2.28. The Morgan fingerprint density at radius 1 is 1.67 bits per heavy atom. The Labute approximate surface area is 95.7 Å². The van der Waals surface area contributed by atoms with Crippen LogP contribution in [0.4, 0.5) is 0 Å². The lowest BCUT2D eigenvalue weighted by Gasteiger charge is -2.21. The topological polar surface area (TPSA) is 70.6 Å². The minimum absolute atomic E-state index is 0.0955. The first-order valence-corrected chi connectivity index (χ1v) is 6.71. The molecule has 0 aromatic heterocycles. The molecule has 4 nitrogen and oxygen atoms in total. The van der Waals surface area contributed by atoms with Crippen molar-refractivity contribution in [2.24, 2.45) is 16.8 Å². The zero-order valence-electron chi connectivity index (χ0n) is 9.44. The largest absolute Gasteiger partial charge is 0.409 e. The van der Waals surface area contributed by atoms with Gasteiger partial charge in [-0.25, -0.2) is 0 Å². The van der Waals surface area contributed by atoms with E-state index in [1.54, 1.807) is 0 Å². The van der Waals surface area contributed by atoms with E-state index in [-0.39, 0.29) is 5.92 Å². The molecule has 0 bridgehead atoms. The third kappa shape index (κ3) is 3.57. The highest BCUT2D eigenvalue weighted by Gasteiger charge is 2.26. The van der Waals surface area contributed by atoms with Gasteiger partial charge in [0.2, 0.25) is 0 Å². The van der Waals surface area contributed by atoms with Gasteiger partial charge >= 0.3 is 0 Å². The average molecular weight is 231 g/mol. The molecular weight excluding hydrogens is 210 g/mol. The number of nitrogens with one attached hydrogen (secondary N) is 1. The monoisotopic (exact) mass is 231 g/mol. The molecule has 0 amide bonds. The SMILES string of the molecule is CSC1CCCC1NCC(C)C(N)=NO. The molecule has 4 N–H and O–H groups in total. The fourth-order valence-electron chi connectivity index (χ4n) is 1.97. The van der Waals surface area contributed by atoms with E-state index in [2.05, 4.69) is 16.7 Å². The predicted molar refractivity (Wildman–Crippen MR) is 65.5 cm³/mol. The number of amidine groups is 1. The maximum Gasteiger partial charge on any atom is 0.143 e. The van der Waals surface area contributed by atoms with E-state index in [4.69, 9.17) is 10.9 Å². The van der Waals surface area contributed by atoms with Crippen LogP contribution in [0.2, 0.25) is 0 Å². The van der Waals surface area contributed by atoms with Gasteiger partial charge in [-0.1, -0.05) is 18.5 Å². The first-order chi connectivity index (χ1) is 7.19. The number of hydrogen-bond donors (Lipinski definition) is 3. The Hall–Kier alpha value is -0.420. The van der Waals surface area contributed by atoms with Crippen molar-refractivity contribution in [1.29, 1.82) is 0 Å². The first-order valence-electron chi connectivity index (χ1n) is 5.42. The number of rotatable bonds is 5. The Morgan fingerprint density at radius 2 is 2.40 bits per heavy atom. The van der Waals surface area contributed by atoms with E-state index in [1.165, 1.54) is 19.3 Å². The summed E-state index contributed by atoms with van der Waals surface area (Å²) < 4.78 is 0. The molecule has 0 spiro atoms. The van der Waals surface area contributed by atoms with Crippen LogP contribution in [0.5, 0.6) is 0 Å². The van der Waals surface area contributed by atoms with E-state index in [0.717, 1.165) is 11.8 Å². The molecule has 1 fully saturated rings. The lowest BCUT2D eigenvalue weighted by atomic mass is 10.1. The molecule has 1 rings (SSSR count). The van der Waals surface area contributed by atoms with Gasteiger partial charge in [0.15, 0.2) is 0 Å². The Bertz CT molecular complexity index is 223. The van der Waals surface area contributed by atoms with Crippen molar-refractivity contribution in [3.05, 3.63) is 0 Å². The Morgan fingerprint density at radius 3 is 3.00 bits per heavy atom. The minimum atomic E-state index is 0.0955. The van der Waals surface area contributed by atoms with Crippen LogP contribution in [0.1, 0.15) is 26.2 Å². The third-order valence-corrected chi connectivity index (χ3v) is 4.23. The summed E-state index contributed by atoms with van der Waals surface area (Å²) >= 11 is 1.93. The summed E-state index contributed by atoms with van der Waals surface area (Å²) in [5.74, 6) is 0.402. The van der Waals surface area contributed by atoms with Gasteiger partial charge in [0.1, 0.15) is 5.84 Å². The Balaban J connectivity index is 2.30. The van der Waals surface area contributed by atoms with E-state index >= 15 is 0 Å². The molecule has 1 aliphatic rings. The molecule has 3 atom stereocenters. The molecule has 5 heteroatoms. The number of nitrogens with zero attached hydrogens (tertiary/aromatic N) is 1. The van der Waals surface area contributed by atoms with Crippen molar-refractivity contribution in [3.8, 4) is 0 Å². The zero-order chi connectivity index (χ0) is 11.3. The van der Waals surface area contributed by atoms with Crippen LogP contribution in [0.15, 0.2) is 5.16 Å². The first kappa shape index (κ1) is 12.6. The molecule has 1 saturated carbocycles. The van der Waals surface area contributed by atoms with Gasteiger partial charge in [0, 0.05) is 23.8 Å². The number of thioether (sulfide) groups is 1. The molecule has 0 aromatic carbocycles. The van der Waals surface area contributed by atoms with E-state index < -0.39 is 0 Å². The second-order valence-corrected chi connectivity index (χ2v) is 5.22. The van der Waals surface area contributed by atoms with Crippen LogP contribution in [-0.4, -0.2) is 35.1 Å². The third-order valence-electron chi connectivity index (χ3n) is 3.06. The summed E-state index contributed by atoms with van der Waals surface area (Å²) in [6, 6.07) is 0.592. The van der Waals surface area contributed by atoms with Crippen LogP contribution >= 0.6 is 11.8 Å². The summed E-state index contributed by atoms with van der Waals surface area (Å²) in [5, 5.41) is 15.8. The summed E-state index contributed by atoms with van der Waals surface area (Å²) in [5.41, 5.74) is 5.52. The smallest absolute Gasteiger partial charge is 0.143 e. The fourth-order valence-corrected chi connectivity index (χ4v) is 2.94. The molecule has 0 aromatic rings. The van der Waals surface area contributed by atoms with Gasteiger partial charge in [0.25, 0.3) is 0 Å². The van der Waals surface area contributed by atoms with Crippen molar-refractivity contribution in [1.82, 2.24) is 5.32 Å². The second kappa shape index (κ2) is 6.23. The molecular formula is C10H21N3OS. The standard InChI is InChI=1S/C10H21N3OS/c1-7(10(11)13-14)6-12-8-4-3-5-9(8)15-2/h7-9,12,14H,3-6H2,1-2H3,(H2,11,13). The molecule has 0 heterocycles. The molecule has 0 aliphatic heterocycles. The van der Waals surface area contributed by atoms with Gasteiger partial charge in [-0.15, -0.1) is 0 Å². The molecule has 3 unspecified atom stereocenters. The predicted octanol–water partition coefficient (Wildman–Crippen LogP) is 1.24. The highest BCUT2D eigenvalue weighted by molar-refractivity contribution is 7.99. The molecule has 0 radical (unpaired) electrons. The average Bonchev–Trinajstić information content (AvgIpc) is 2.71. The number of hydrogen-bond acceptors (Lipinski definition) is 4. The normalized spacial score (nSPS) is 29.3. The zero-order valence-corrected chi connectivity index (χ0v) is 10.3. The molecule has 1 aliphatic carbocycles. The van der Waals surface area contributed by atoms with Crippen LogP contribution in [0.3, 0.4) is 0 Å². The van der Waals surface area contributed by atoms with Crippen molar-refractivity contribution in [2.75, 3.05) is 12.8 Å². The van der Waals surface area contributed by atoms with Crippen molar-refractivity contribution >= 4 is 17.6 Å². The van der Waals surface area contributed by atoms with Gasteiger partial charge in [0.05, 0.1) is 0 Å². The number of oxime groups is 1. The molecule has 15 heavy (non-hydrogen) atoms. The summed E-state index contributed by atoms with van der Waals surface area (Å²) in [6.07, 6.45) is 6.02. The van der Waals surface area contributed by atoms with Crippen LogP contribution in [0, 0.1) is 5.92 Å². The second-order valence-electron chi connectivity index (χ2n) is 4.15. The summed E-state index contributed by atoms with van der Waals surface area (Å²) in [4.78, 5) is 0. The van der Waals surface area contributed by atoms with Crippen LogP contribution in [-0.2, 0) is 0 Å². The summed E-state index contributed by atoms with van der Waals surface area (Å²) in [7, 11) is 0. The van der Waals surface area contributed by atoms with Gasteiger partial charge in [-0.05, 0) is 19.1 Å². The fraction of sp³-hybridized carbons (Fsp3) is 0.900. The lowest BCUT2D eigenvalue weighted by Crippen LogP contribution is -2.40. The van der Waals surface area contributed by atoms with Crippen molar-refractivity contribution < 1.29 is 5.21 Å². The van der Waals surface area contributed by atoms with E-state index in [0.29, 0.717) is 11.9 Å². The minimum Gasteiger partial charge on any atom is -0.409 e. The van der Waals surface area contributed by atoms with Gasteiger partial charge < -0.3 is 16.3 Å². The number of nitrogens with two attached hydrogens (primary N) is 1. The quantitative estimate of drug-likeness (QED) is 0.288. The van der Waals surface area contributed by atoms with E-state index in [9.17, 15) is 0 Å². The molecule has 0 saturated heterocycles. The maximum absolute atomic E-state index is 8.53. The van der Waals surface area contributed by atoms with E-state index in [1.807, 2.05) is 18.7 Å². The van der Waals surface area contributed by atoms with Gasteiger partial charge in [-0.2, -0.15) is 11.8 Å². The Kier molecular flexibility index (Phi) is 5.25. The van der Waals surface area contributed by atoms with Crippen molar-refractivity contribution in [2.45, 2.75) is 37.5 Å². The van der Waals surface area contributed by atoms with Crippen LogP contribution < -0.4 is 11.1 Å². The summed E-state index contributed by atoms with van der Waals surface area (Å²) in [6.45, 7) is 2.75. The van der Waals surface area contributed by atoms with Crippen molar-refractivity contribution in [3.63, 3.8) is 0 Å². The highest BCUT2D eigenvalue weighted by atomic mass is 32.2. The van der Waals surface area contributed by atoms with Gasteiger partial charge in [-0.3, -0.25) is 0 Å². The maximum atomic E-state index is 8.53. The van der Waals surface area contributed by atoms with Crippen LogP contribution in [0.25, 0.3) is 0 Å². The molecule has 88 valence electrons.